The van der Waals surface area contributed by atoms with Gasteiger partial charge in [-0.1, -0.05) is 0 Å². The molecule has 1 aliphatic heterocycles. The summed E-state index contributed by atoms with van der Waals surface area (Å²) in [5.41, 5.74) is 0. The van der Waals surface area contributed by atoms with Crippen molar-refractivity contribution in [3.05, 3.63) is 12.4 Å². The zero-order valence-electron chi connectivity index (χ0n) is 11.2. The molecule has 0 radical (unpaired) electrons. The molecule has 0 unspecified atom stereocenters. The molecule has 1 fully saturated rings. The fourth-order valence-electron chi connectivity index (χ4n) is 2.02. The summed E-state index contributed by atoms with van der Waals surface area (Å²) in [5.74, 6) is 1.67. The number of aromatic nitrogens is 2. The van der Waals surface area contributed by atoms with E-state index in [1.165, 1.54) is 0 Å². The van der Waals surface area contributed by atoms with Gasteiger partial charge in [0.25, 0.3) is 0 Å². The summed E-state index contributed by atoms with van der Waals surface area (Å²) < 4.78 is 5.33. The first-order chi connectivity index (χ1) is 9.29. The van der Waals surface area contributed by atoms with E-state index >= 15 is 0 Å². The summed E-state index contributed by atoms with van der Waals surface area (Å²) in [4.78, 5) is 10.4. The highest BCUT2D eigenvalue weighted by Crippen LogP contribution is 2.16. The first-order valence-corrected chi connectivity index (χ1v) is 6.54. The minimum absolute atomic E-state index is 0.418. The molecule has 0 saturated carbocycles. The van der Waals surface area contributed by atoms with E-state index in [9.17, 15) is 0 Å². The highest BCUT2D eigenvalue weighted by molar-refractivity contribution is 5.48. The van der Waals surface area contributed by atoms with Gasteiger partial charge in [-0.25, -0.2) is 9.97 Å². The molecule has 0 bridgehead atoms. The van der Waals surface area contributed by atoms with E-state index in [0.29, 0.717) is 19.0 Å². The van der Waals surface area contributed by atoms with Crippen molar-refractivity contribution >= 4 is 11.6 Å². The third kappa shape index (κ3) is 4.07. The quantitative estimate of drug-likeness (QED) is 0.864. The zero-order chi connectivity index (χ0) is 13.5. The van der Waals surface area contributed by atoms with Gasteiger partial charge in [-0.05, 0) is 12.8 Å². The lowest BCUT2D eigenvalue weighted by Gasteiger charge is -2.24. The van der Waals surface area contributed by atoms with E-state index in [1.54, 1.807) is 6.33 Å². The lowest BCUT2D eigenvalue weighted by molar-refractivity contribution is 0.0904. The maximum atomic E-state index is 8.60. The van der Waals surface area contributed by atoms with Crippen LogP contribution in [0.4, 0.5) is 11.6 Å². The number of hydrogen-bond donors (Lipinski definition) is 1. The highest BCUT2D eigenvalue weighted by atomic mass is 16.5. The van der Waals surface area contributed by atoms with Gasteiger partial charge in [-0.3, -0.25) is 0 Å². The van der Waals surface area contributed by atoms with Crippen molar-refractivity contribution in [2.75, 3.05) is 37.0 Å². The van der Waals surface area contributed by atoms with Crippen molar-refractivity contribution in [1.82, 2.24) is 9.97 Å². The van der Waals surface area contributed by atoms with Gasteiger partial charge < -0.3 is 15.0 Å². The minimum atomic E-state index is 0.418. The SMILES string of the molecule is CN(CCC#N)c1cc(NC2CCOCC2)ncn1. The van der Waals surface area contributed by atoms with Crippen LogP contribution < -0.4 is 10.2 Å². The molecule has 0 atom stereocenters. The number of hydrogen-bond acceptors (Lipinski definition) is 6. The maximum absolute atomic E-state index is 8.60. The molecule has 0 aliphatic carbocycles. The molecule has 0 amide bonds. The van der Waals surface area contributed by atoms with Gasteiger partial charge in [0, 0.05) is 38.9 Å². The average Bonchev–Trinajstić information content (AvgIpc) is 2.46. The zero-order valence-corrected chi connectivity index (χ0v) is 11.2. The van der Waals surface area contributed by atoms with Crippen molar-refractivity contribution in [2.45, 2.75) is 25.3 Å². The number of rotatable bonds is 5. The summed E-state index contributed by atoms with van der Waals surface area (Å²) in [6, 6.07) is 4.48. The average molecular weight is 261 g/mol. The van der Waals surface area contributed by atoms with E-state index in [1.807, 2.05) is 18.0 Å². The summed E-state index contributed by atoms with van der Waals surface area (Å²) in [7, 11) is 1.93. The molecule has 1 saturated heterocycles. The second-order valence-electron chi connectivity index (χ2n) is 4.62. The molecule has 19 heavy (non-hydrogen) atoms. The minimum Gasteiger partial charge on any atom is -0.381 e. The Bertz CT molecular complexity index is 439. The van der Waals surface area contributed by atoms with Crippen LogP contribution in [0.3, 0.4) is 0 Å². The van der Waals surface area contributed by atoms with Gasteiger partial charge >= 0.3 is 0 Å². The second kappa shape index (κ2) is 6.90. The summed E-state index contributed by atoms with van der Waals surface area (Å²) in [5, 5.41) is 12.0. The Labute approximate surface area is 113 Å². The molecule has 0 aromatic carbocycles. The predicted octanol–water partition coefficient (Wildman–Crippen LogP) is 1.42. The van der Waals surface area contributed by atoms with Crippen molar-refractivity contribution in [2.24, 2.45) is 0 Å². The van der Waals surface area contributed by atoms with Crippen LogP contribution in [0.5, 0.6) is 0 Å². The van der Waals surface area contributed by atoms with Crippen molar-refractivity contribution < 1.29 is 4.74 Å². The first-order valence-electron chi connectivity index (χ1n) is 6.54. The highest BCUT2D eigenvalue weighted by Gasteiger charge is 2.14. The Morgan fingerprint density at radius 3 is 3.00 bits per heavy atom. The fraction of sp³-hybridized carbons (Fsp3) is 0.615. The van der Waals surface area contributed by atoms with Crippen LogP contribution in [0, 0.1) is 11.3 Å². The van der Waals surface area contributed by atoms with Gasteiger partial charge in [-0.2, -0.15) is 5.26 Å². The van der Waals surface area contributed by atoms with Crippen LogP contribution >= 0.6 is 0 Å². The van der Waals surface area contributed by atoms with Crippen molar-refractivity contribution in [1.29, 1.82) is 5.26 Å². The lowest BCUT2D eigenvalue weighted by Crippen LogP contribution is -2.28. The molecule has 1 N–H and O–H groups in total. The predicted molar refractivity (Wildman–Crippen MR) is 73.0 cm³/mol. The second-order valence-corrected chi connectivity index (χ2v) is 4.62. The van der Waals surface area contributed by atoms with Gasteiger partial charge in [-0.15, -0.1) is 0 Å². The Hall–Kier alpha value is -1.87. The van der Waals surface area contributed by atoms with E-state index in [0.717, 1.165) is 37.7 Å². The fourth-order valence-corrected chi connectivity index (χ4v) is 2.02. The van der Waals surface area contributed by atoms with Crippen LogP contribution in [0.2, 0.25) is 0 Å². The van der Waals surface area contributed by atoms with Gasteiger partial charge in [0.1, 0.15) is 18.0 Å². The van der Waals surface area contributed by atoms with Crippen LogP contribution in [0.25, 0.3) is 0 Å². The normalized spacial score (nSPS) is 15.8. The monoisotopic (exact) mass is 261 g/mol. The largest absolute Gasteiger partial charge is 0.381 e. The summed E-state index contributed by atoms with van der Waals surface area (Å²) in [6.07, 6.45) is 4.05. The number of nitriles is 1. The molecular formula is C13H19N5O. The standard InChI is InChI=1S/C13H19N5O/c1-18(6-2-5-14)13-9-12(15-10-16-13)17-11-3-7-19-8-4-11/h9-11H,2-4,6-8H2,1H3,(H,15,16,17). The molecule has 2 heterocycles. The van der Waals surface area contributed by atoms with Crippen LogP contribution in [0.1, 0.15) is 19.3 Å². The van der Waals surface area contributed by atoms with Crippen LogP contribution in [-0.4, -0.2) is 42.8 Å². The number of nitrogens with one attached hydrogen (secondary N) is 1. The van der Waals surface area contributed by atoms with Gasteiger partial charge in [0.15, 0.2) is 0 Å². The van der Waals surface area contributed by atoms with Crippen LogP contribution in [0.15, 0.2) is 12.4 Å². The molecule has 6 nitrogen and oxygen atoms in total. The van der Waals surface area contributed by atoms with E-state index < -0.39 is 0 Å². The van der Waals surface area contributed by atoms with Crippen molar-refractivity contribution in [3.8, 4) is 6.07 Å². The van der Waals surface area contributed by atoms with Crippen molar-refractivity contribution in [3.63, 3.8) is 0 Å². The smallest absolute Gasteiger partial charge is 0.133 e. The Balaban J connectivity index is 1.96. The number of anilines is 2. The topological polar surface area (TPSA) is 74.1 Å². The molecule has 102 valence electrons. The van der Waals surface area contributed by atoms with E-state index in [4.69, 9.17) is 10.00 Å². The van der Waals surface area contributed by atoms with Gasteiger partial charge in [0.2, 0.25) is 0 Å². The Morgan fingerprint density at radius 2 is 2.26 bits per heavy atom. The Morgan fingerprint density at radius 1 is 1.47 bits per heavy atom. The molecule has 2 rings (SSSR count). The third-order valence-electron chi connectivity index (χ3n) is 3.18. The molecular weight excluding hydrogens is 242 g/mol. The lowest BCUT2D eigenvalue weighted by atomic mass is 10.1. The van der Waals surface area contributed by atoms with E-state index in [2.05, 4.69) is 21.4 Å². The number of nitrogens with zero attached hydrogens (tertiary/aromatic N) is 4. The van der Waals surface area contributed by atoms with Gasteiger partial charge in [0.05, 0.1) is 12.5 Å². The third-order valence-corrected chi connectivity index (χ3v) is 3.18. The molecule has 1 aliphatic rings. The summed E-state index contributed by atoms with van der Waals surface area (Å²) in [6.45, 7) is 2.28. The Kier molecular flexibility index (Phi) is 4.93. The number of ether oxygens (including phenoxy) is 1. The van der Waals surface area contributed by atoms with Crippen LogP contribution in [-0.2, 0) is 4.74 Å². The maximum Gasteiger partial charge on any atom is 0.133 e. The molecule has 6 heteroatoms. The van der Waals surface area contributed by atoms with E-state index in [-0.39, 0.29) is 0 Å². The molecule has 0 spiro atoms. The molecule has 1 aromatic rings. The molecule has 1 aromatic heterocycles. The summed E-state index contributed by atoms with van der Waals surface area (Å²) >= 11 is 0. The first kappa shape index (κ1) is 13.6.